The monoisotopic (exact) mass is 358 g/mol. The van der Waals surface area contributed by atoms with E-state index in [1.54, 1.807) is 0 Å². The van der Waals surface area contributed by atoms with Crippen molar-refractivity contribution in [3.05, 3.63) is 33.4 Å². The molecule has 0 spiro atoms. The highest BCUT2D eigenvalue weighted by atomic mass is 127. The Labute approximate surface area is 122 Å². The van der Waals surface area contributed by atoms with Crippen LogP contribution in [-0.4, -0.2) is 29.9 Å². The number of likely N-dealkylation sites (tertiary alicyclic amines) is 1. The summed E-state index contributed by atoms with van der Waals surface area (Å²) in [6.45, 7) is 3.76. The maximum Gasteiger partial charge on any atom is 0.240 e. The molecule has 4 heteroatoms. The second-order valence-corrected chi connectivity index (χ2v) is 6.14. The lowest BCUT2D eigenvalue weighted by atomic mass is 9.93. The van der Waals surface area contributed by atoms with Gasteiger partial charge in [0.25, 0.3) is 0 Å². The van der Waals surface area contributed by atoms with Crippen molar-refractivity contribution in [2.24, 2.45) is 5.73 Å². The summed E-state index contributed by atoms with van der Waals surface area (Å²) in [5.74, 6) is 0.161. The number of benzene rings is 1. The smallest absolute Gasteiger partial charge is 0.240 e. The van der Waals surface area contributed by atoms with Crippen molar-refractivity contribution in [3.63, 3.8) is 0 Å². The second-order valence-electron chi connectivity index (χ2n) is 4.90. The Morgan fingerprint density at radius 3 is 2.39 bits per heavy atom. The molecule has 0 aliphatic carbocycles. The average Bonchev–Trinajstić information content (AvgIpc) is 2.91. The summed E-state index contributed by atoms with van der Waals surface area (Å²) in [6.07, 6.45) is 2.22. The highest BCUT2D eigenvalue weighted by molar-refractivity contribution is 14.1. The number of hydrogen-bond acceptors (Lipinski definition) is 2. The lowest BCUT2D eigenvalue weighted by Crippen LogP contribution is -2.45. The molecule has 1 aromatic rings. The minimum Gasteiger partial charge on any atom is -0.341 e. The van der Waals surface area contributed by atoms with Crippen LogP contribution in [0.25, 0.3) is 0 Å². The van der Waals surface area contributed by atoms with Gasteiger partial charge in [0.05, 0.1) is 6.04 Å². The maximum absolute atomic E-state index is 12.2. The number of amides is 1. The zero-order valence-electron chi connectivity index (χ0n) is 10.6. The van der Waals surface area contributed by atoms with Crippen LogP contribution in [0.1, 0.15) is 31.2 Å². The van der Waals surface area contributed by atoms with Crippen LogP contribution in [0.4, 0.5) is 0 Å². The Balaban J connectivity index is 2.05. The Hall–Kier alpha value is -0.620. The van der Waals surface area contributed by atoms with Gasteiger partial charge in [-0.2, -0.15) is 0 Å². The summed E-state index contributed by atoms with van der Waals surface area (Å²) in [7, 11) is 0. The lowest BCUT2D eigenvalue weighted by molar-refractivity contribution is -0.131. The summed E-state index contributed by atoms with van der Waals surface area (Å²) >= 11 is 2.28. The first-order valence-corrected chi connectivity index (χ1v) is 7.47. The molecule has 18 heavy (non-hydrogen) atoms. The van der Waals surface area contributed by atoms with E-state index in [2.05, 4.69) is 46.9 Å². The molecule has 0 bridgehead atoms. The summed E-state index contributed by atoms with van der Waals surface area (Å²) < 4.78 is 1.20. The van der Waals surface area contributed by atoms with Gasteiger partial charge in [0, 0.05) is 22.6 Å². The minimum atomic E-state index is -0.428. The number of carbonyl (C=O) groups is 1. The number of carbonyl (C=O) groups excluding carboxylic acids is 1. The molecule has 1 heterocycles. The molecule has 1 aliphatic rings. The molecule has 2 rings (SSSR count). The third-order valence-corrected chi connectivity index (χ3v) is 4.36. The van der Waals surface area contributed by atoms with E-state index in [9.17, 15) is 4.79 Å². The van der Waals surface area contributed by atoms with Crippen LogP contribution in [0.15, 0.2) is 24.3 Å². The molecule has 2 N–H and O–H groups in total. The van der Waals surface area contributed by atoms with Crippen molar-refractivity contribution in [1.82, 2.24) is 4.90 Å². The molecule has 1 fully saturated rings. The number of halogens is 1. The highest BCUT2D eigenvalue weighted by Crippen LogP contribution is 2.21. The van der Waals surface area contributed by atoms with Crippen molar-refractivity contribution < 1.29 is 4.79 Å². The Morgan fingerprint density at radius 1 is 1.28 bits per heavy atom. The van der Waals surface area contributed by atoms with Crippen LogP contribution < -0.4 is 5.73 Å². The second kappa shape index (κ2) is 6.02. The van der Waals surface area contributed by atoms with Crippen LogP contribution in [0.5, 0.6) is 0 Å². The SMILES string of the molecule is C[C@@H](c1ccc(I)cc1)[C@@H](N)C(=O)N1CCCC1. The van der Waals surface area contributed by atoms with Crippen molar-refractivity contribution >= 4 is 28.5 Å². The summed E-state index contributed by atoms with van der Waals surface area (Å²) in [4.78, 5) is 14.1. The predicted octanol–water partition coefficient (Wildman–Crippen LogP) is 2.34. The largest absolute Gasteiger partial charge is 0.341 e. The summed E-state index contributed by atoms with van der Waals surface area (Å²) in [5, 5.41) is 0. The van der Waals surface area contributed by atoms with E-state index in [1.807, 2.05) is 11.8 Å². The van der Waals surface area contributed by atoms with E-state index < -0.39 is 6.04 Å². The van der Waals surface area contributed by atoms with E-state index in [0.29, 0.717) is 0 Å². The molecule has 3 nitrogen and oxygen atoms in total. The molecule has 1 amide bonds. The Kier molecular flexibility index (Phi) is 4.61. The van der Waals surface area contributed by atoms with Crippen LogP contribution in [-0.2, 0) is 4.79 Å². The molecule has 1 saturated heterocycles. The quantitative estimate of drug-likeness (QED) is 0.844. The molecular weight excluding hydrogens is 339 g/mol. The first-order valence-electron chi connectivity index (χ1n) is 6.39. The first kappa shape index (κ1) is 13.8. The van der Waals surface area contributed by atoms with Gasteiger partial charge in [-0.15, -0.1) is 0 Å². The molecule has 0 saturated carbocycles. The van der Waals surface area contributed by atoms with Crippen LogP contribution >= 0.6 is 22.6 Å². The fourth-order valence-electron chi connectivity index (χ4n) is 2.34. The Bertz CT molecular complexity index is 412. The first-order chi connectivity index (χ1) is 8.59. The lowest BCUT2D eigenvalue weighted by Gasteiger charge is -2.25. The van der Waals surface area contributed by atoms with Crippen molar-refractivity contribution in [1.29, 1.82) is 0 Å². The molecule has 1 aromatic carbocycles. The van der Waals surface area contributed by atoms with Gasteiger partial charge >= 0.3 is 0 Å². The van der Waals surface area contributed by atoms with Crippen molar-refractivity contribution in [3.8, 4) is 0 Å². The number of nitrogens with two attached hydrogens (primary N) is 1. The van der Waals surface area contributed by atoms with Gasteiger partial charge in [0.2, 0.25) is 5.91 Å². The molecule has 0 unspecified atom stereocenters. The molecular formula is C14H19IN2O. The third-order valence-electron chi connectivity index (χ3n) is 3.64. The molecule has 0 aromatic heterocycles. The zero-order chi connectivity index (χ0) is 13.1. The standard InChI is InChI=1S/C14H19IN2O/c1-10(11-4-6-12(15)7-5-11)13(16)14(18)17-8-2-3-9-17/h4-7,10,13H,2-3,8-9,16H2,1H3/t10-,13+/m0/s1. The van der Waals surface area contributed by atoms with Gasteiger partial charge in [-0.25, -0.2) is 0 Å². The van der Waals surface area contributed by atoms with Gasteiger partial charge < -0.3 is 10.6 Å². The normalized spacial score (nSPS) is 18.7. The van der Waals surface area contributed by atoms with E-state index in [1.165, 1.54) is 3.57 Å². The molecule has 98 valence electrons. The van der Waals surface area contributed by atoms with Gasteiger partial charge in [-0.05, 0) is 53.1 Å². The summed E-state index contributed by atoms with van der Waals surface area (Å²) in [6, 6.07) is 7.80. The average molecular weight is 358 g/mol. The predicted molar refractivity (Wildman–Crippen MR) is 81.4 cm³/mol. The van der Waals surface area contributed by atoms with E-state index in [4.69, 9.17) is 5.73 Å². The van der Waals surface area contributed by atoms with Crippen LogP contribution in [0, 0.1) is 3.57 Å². The van der Waals surface area contributed by atoms with Gasteiger partial charge in [-0.1, -0.05) is 19.1 Å². The minimum absolute atomic E-state index is 0.0649. The number of rotatable bonds is 3. The van der Waals surface area contributed by atoms with Crippen LogP contribution in [0.2, 0.25) is 0 Å². The number of nitrogens with zero attached hydrogens (tertiary/aromatic N) is 1. The van der Waals surface area contributed by atoms with Crippen molar-refractivity contribution in [2.45, 2.75) is 31.7 Å². The third kappa shape index (κ3) is 3.03. The fraction of sp³-hybridized carbons (Fsp3) is 0.500. The topological polar surface area (TPSA) is 46.3 Å². The number of hydrogen-bond donors (Lipinski definition) is 1. The van der Waals surface area contributed by atoms with Crippen molar-refractivity contribution in [2.75, 3.05) is 13.1 Å². The van der Waals surface area contributed by atoms with Crippen LogP contribution in [0.3, 0.4) is 0 Å². The van der Waals surface area contributed by atoms with Gasteiger partial charge in [0.1, 0.15) is 0 Å². The van der Waals surface area contributed by atoms with E-state index in [-0.39, 0.29) is 11.8 Å². The maximum atomic E-state index is 12.2. The van der Waals surface area contributed by atoms with E-state index in [0.717, 1.165) is 31.5 Å². The Morgan fingerprint density at radius 2 is 1.83 bits per heavy atom. The summed E-state index contributed by atoms with van der Waals surface area (Å²) in [5.41, 5.74) is 7.25. The van der Waals surface area contributed by atoms with E-state index >= 15 is 0 Å². The van der Waals surface area contributed by atoms with Gasteiger partial charge in [-0.3, -0.25) is 4.79 Å². The van der Waals surface area contributed by atoms with Gasteiger partial charge in [0.15, 0.2) is 0 Å². The zero-order valence-corrected chi connectivity index (χ0v) is 12.8. The molecule has 0 radical (unpaired) electrons. The fourth-order valence-corrected chi connectivity index (χ4v) is 2.70. The highest BCUT2D eigenvalue weighted by Gasteiger charge is 2.28. The molecule has 1 aliphatic heterocycles. The molecule has 2 atom stereocenters.